The number of anilines is 1. The summed E-state index contributed by atoms with van der Waals surface area (Å²) in [5.41, 5.74) is 5.35. The predicted octanol–water partition coefficient (Wildman–Crippen LogP) is 5.40. The molecule has 0 aliphatic rings. The van der Waals surface area contributed by atoms with Gasteiger partial charge in [-0.1, -0.05) is 59.8 Å². The van der Waals surface area contributed by atoms with E-state index in [0.717, 1.165) is 33.2 Å². The standard InChI is InChI=1S/C22H19ClN4OS/c1-14-11-20(29-13-19(28)25-18-10-6-9-17(23)12-18)27-22(24-14)21(15(2)26-27)16-7-4-3-5-8-16/h3-12H,13H2,1-2H3,(H,25,28). The third-order valence-electron chi connectivity index (χ3n) is 4.38. The number of thioether (sulfide) groups is 1. The lowest BCUT2D eigenvalue weighted by Crippen LogP contribution is -2.14. The molecule has 2 heterocycles. The van der Waals surface area contributed by atoms with Crippen molar-refractivity contribution in [3.05, 3.63) is 77.1 Å². The van der Waals surface area contributed by atoms with Crippen LogP contribution < -0.4 is 5.32 Å². The average molecular weight is 423 g/mol. The molecule has 5 nitrogen and oxygen atoms in total. The molecule has 1 N–H and O–H groups in total. The summed E-state index contributed by atoms with van der Waals surface area (Å²) in [6, 6.07) is 19.2. The van der Waals surface area contributed by atoms with Gasteiger partial charge in [-0.2, -0.15) is 5.10 Å². The molecule has 0 radical (unpaired) electrons. The van der Waals surface area contributed by atoms with Crippen LogP contribution in [0.3, 0.4) is 0 Å². The first kappa shape index (κ1) is 19.5. The molecule has 0 unspecified atom stereocenters. The van der Waals surface area contributed by atoms with Gasteiger partial charge >= 0.3 is 0 Å². The number of hydrogen-bond donors (Lipinski definition) is 1. The van der Waals surface area contributed by atoms with Gasteiger partial charge in [0.25, 0.3) is 0 Å². The van der Waals surface area contributed by atoms with E-state index >= 15 is 0 Å². The molecule has 0 spiro atoms. The summed E-state index contributed by atoms with van der Waals surface area (Å²) in [5.74, 6) is 0.150. The average Bonchev–Trinajstić information content (AvgIpc) is 3.02. The SMILES string of the molecule is Cc1cc(SCC(=O)Nc2cccc(Cl)c2)n2nc(C)c(-c3ccccc3)c2n1. The number of carbonyl (C=O) groups is 1. The Morgan fingerprint density at radius 1 is 1.10 bits per heavy atom. The second-order valence-electron chi connectivity index (χ2n) is 6.64. The zero-order valence-corrected chi connectivity index (χ0v) is 17.6. The predicted molar refractivity (Wildman–Crippen MR) is 119 cm³/mol. The van der Waals surface area contributed by atoms with E-state index in [4.69, 9.17) is 16.6 Å². The lowest BCUT2D eigenvalue weighted by atomic mass is 10.1. The molecule has 0 fully saturated rings. The van der Waals surface area contributed by atoms with E-state index in [1.165, 1.54) is 11.8 Å². The quantitative estimate of drug-likeness (QED) is 0.345. The third kappa shape index (κ3) is 4.28. The van der Waals surface area contributed by atoms with Crippen molar-refractivity contribution in [1.82, 2.24) is 14.6 Å². The topological polar surface area (TPSA) is 59.3 Å². The Balaban J connectivity index is 1.60. The minimum atomic E-state index is -0.105. The van der Waals surface area contributed by atoms with Gasteiger partial charge in [-0.3, -0.25) is 4.79 Å². The number of nitrogens with one attached hydrogen (secondary N) is 1. The fourth-order valence-electron chi connectivity index (χ4n) is 3.16. The summed E-state index contributed by atoms with van der Waals surface area (Å²) < 4.78 is 1.82. The highest BCUT2D eigenvalue weighted by atomic mass is 35.5. The Kier molecular flexibility index (Phi) is 5.56. The van der Waals surface area contributed by atoms with Gasteiger partial charge in [0, 0.05) is 22.0 Å². The fourth-order valence-corrected chi connectivity index (χ4v) is 4.20. The summed E-state index contributed by atoms with van der Waals surface area (Å²) in [4.78, 5) is 17.1. The number of benzene rings is 2. The molecule has 1 amide bonds. The maximum Gasteiger partial charge on any atom is 0.234 e. The number of aryl methyl sites for hydroxylation is 2. The molecule has 0 saturated heterocycles. The number of rotatable bonds is 5. The lowest BCUT2D eigenvalue weighted by Gasteiger charge is -2.08. The van der Waals surface area contributed by atoms with Crippen LogP contribution in [0.2, 0.25) is 5.02 Å². The summed E-state index contributed by atoms with van der Waals surface area (Å²) in [6.45, 7) is 3.93. The second-order valence-corrected chi connectivity index (χ2v) is 8.08. The minimum Gasteiger partial charge on any atom is -0.325 e. The molecule has 0 saturated carbocycles. The van der Waals surface area contributed by atoms with E-state index in [-0.39, 0.29) is 11.7 Å². The van der Waals surface area contributed by atoms with Crippen LogP contribution in [0, 0.1) is 13.8 Å². The van der Waals surface area contributed by atoms with Crippen molar-refractivity contribution in [2.75, 3.05) is 11.1 Å². The van der Waals surface area contributed by atoms with Gasteiger partial charge in [-0.25, -0.2) is 9.50 Å². The van der Waals surface area contributed by atoms with Gasteiger partial charge < -0.3 is 5.32 Å². The Labute approximate surface area is 178 Å². The maximum atomic E-state index is 12.4. The lowest BCUT2D eigenvalue weighted by molar-refractivity contribution is -0.113. The van der Waals surface area contributed by atoms with Gasteiger partial charge in [0.1, 0.15) is 5.03 Å². The second kappa shape index (κ2) is 8.27. The molecule has 0 aliphatic carbocycles. The zero-order valence-electron chi connectivity index (χ0n) is 16.0. The monoisotopic (exact) mass is 422 g/mol. The van der Waals surface area contributed by atoms with Crippen LogP contribution in [0.4, 0.5) is 5.69 Å². The number of fused-ring (bicyclic) bond motifs is 1. The summed E-state index contributed by atoms with van der Waals surface area (Å²) in [6.07, 6.45) is 0. The molecule has 29 heavy (non-hydrogen) atoms. The highest BCUT2D eigenvalue weighted by Crippen LogP contribution is 2.30. The van der Waals surface area contributed by atoms with E-state index in [2.05, 4.69) is 22.5 Å². The van der Waals surface area contributed by atoms with Crippen LogP contribution >= 0.6 is 23.4 Å². The molecule has 0 bridgehead atoms. The fraction of sp³-hybridized carbons (Fsp3) is 0.136. The Hall–Kier alpha value is -2.83. The molecule has 146 valence electrons. The van der Waals surface area contributed by atoms with Crippen molar-refractivity contribution in [1.29, 1.82) is 0 Å². The van der Waals surface area contributed by atoms with Crippen LogP contribution in [-0.4, -0.2) is 26.3 Å². The van der Waals surface area contributed by atoms with Gasteiger partial charge in [-0.05, 0) is 43.7 Å². The Morgan fingerprint density at radius 3 is 2.66 bits per heavy atom. The highest BCUT2D eigenvalue weighted by Gasteiger charge is 2.16. The number of amides is 1. The van der Waals surface area contributed by atoms with Crippen molar-refractivity contribution >= 4 is 40.6 Å². The normalized spacial score (nSPS) is 11.0. The molecule has 0 atom stereocenters. The van der Waals surface area contributed by atoms with Crippen LogP contribution in [0.15, 0.2) is 65.7 Å². The van der Waals surface area contributed by atoms with E-state index in [1.54, 1.807) is 18.2 Å². The number of halogens is 1. The summed E-state index contributed by atoms with van der Waals surface area (Å²) in [5, 5.41) is 9.02. The summed E-state index contributed by atoms with van der Waals surface area (Å²) in [7, 11) is 0. The molecular formula is C22H19ClN4OS. The third-order valence-corrected chi connectivity index (χ3v) is 5.61. The molecule has 4 rings (SSSR count). The first-order valence-corrected chi connectivity index (χ1v) is 10.5. The van der Waals surface area contributed by atoms with Crippen LogP contribution in [0.25, 0.3) is 16.8 Å². The molecule has 2 aromatic heterocycles. The Bertz CT molecular complexity index is 1190. The Morgan fingerprint density at radius 2 is 1.90 bits per heavy atom. The van der Waals surface area contributed by atoms with E-state index in [0.29, 0.717) is 10.7 Å². The van der Waals surface area contributed by atoms with Gasteiger partial charge in [0.05, 0.1) is 11.4 Å². The van der Waals surface area contributed by atoms with Gasteiger partial charge in [0.15, 0.2) is 5.65 Å². The molecular weight excluding hydrogens is 404 g/mol. The van der Waals surface area contributed by atoms with Crippen molar-refractivity contribution in [3.8, 4) is 11.1 Å². The molecule has 0 aliphatic heterocycles. The molecule has 7 heteroatoms. The van der Waals surface area contributed by atoms with Crippen molar-refractivity contribution in [2.45, 2.75) is 18.9 Å². The van der Waals surface area contributed by atoms with Crippen LogP contribution in [-0.2, 0) is 4.79 Å². The van der Waals surface area contributed by atoms with Crippen molar-refractivity contribution in [3.63, 3.8) is 0 Å². The number of hydrogen-bond acceptors (Lipinski definition) is 4. The number of carbonyl (C=O) groups excluding carboxylic acids is 1. The van der Waals surface area contributed by atoms with E-state index < -0.39 is 0 Å². The van der Waals surface area contributed by atoms with Crippen LogP contribution in [0.1, 0.15) is 11.4 Å². The van der Waals surface area contributed by atoms with Crippen molar-refractivity contribution in [2.24, 2.45) is 0 Å². The van der Waals surface area contributed by atoms with E-state index in [1.807, 2.05) is 48.7 Å². The number of aromatic nitrogens is 3. The van der Waals surface area contributed by atoms with Crippen LogP contribution in [0.5, 0.6) is 0 Å². The zero-order chi connectivity index (χ0) is 20.4. The smallest absolute Gasteiger partial charge is 0.234 e. The van der Waals surface area contributed by atoms with Crippen molar-refractivity contribution < 1.29 is 4.79 Å². The highest BCUT2D eigenvalue weighted by molar-refractivity contribution is 7.99. The largest absolute Gasteiger partial charge is 0.325 e. The minimum absolute atomic E-state index is 0.105. The first-order chi connectivity index (χ1) is 14.0. The maximum absolute atomic E-state index is 12.4. The molecule has 4 aromatic rings. The molecule has 2 aromatic carbocycles. The van der Waals surface area contributed by atoms with Gasteiger partial charge in [0.2, 0.25) is 5.91 Å². The van der Waals surface area contributed by atoms with Gasteiger partial charge in [-0.15, -0.1) is 0 Å². The van der Waals surface area contributed by atoms with E-state index in [9.17, 15) is 4.79 Å². The first-order valence-electron chi connectivity index (χ1n) is 9.12. The summed E-state index contributed by atoms with van der Waals surface area (Å²) >= 11 is 7.40. The number of nitrogens with zero attached hydrogens (tertiary/aromatic N) is 3.